The molecule has 0 fully saturated rings. The Kier molecular flexibility index (Phi) is 5.38. The summed E-state index contributed by atoms with van der Waals surface area (Å²) in [5.41, 5.74) is 5.17. The number of alkyl halides is 2. The van der Waals surface area contributed by atoms with Gasteiger partial charge in [0, 0.05) is 12.0 Å². The van der Waals surface area contributed by atoms with Gasteiger partial charge in [0.2, 0.25) is 0 Å². The fourth-order valence-corrected chi connectivity index (χ4v) is 4.96. The number of hydrogen-bond acceptors (Lipinski definition) is 4. The fraction of sp³-hybridized carbons (Fsp3) is 0.208. The highest BCUT2D eigenvalue weighted by atomic mass is 32.2. The first kappa shape index (κ1) is 20.6. The summed E-state index contributed by atoms with van der Waals surface area (Å²) in [6, 6.07) is 20.2. The Morgan fingerprint density at radius 3 is 2.53 bits per heavy atom. The molecule has 1 aliphatic rings. The van der Waals surface area contributed by atoms with Crippen LogP contribution in [-0.2, 0) is 22.9 Å². The molecular weight excluding hydrogens is 434 g/mol. The molecule has 0 saturated carbocycles. The lowest BCUT2D eigenvalue weighted by atomic mass is 10.0. The molecule has 5 nitrogen and oxygen atoms in total. The van der Waals surface area contributed by atoms with Gasteiger partial charge in [0.1, 0.15) is 22.3 Å². The number of para-hydroxylation sites is 1. The van der Waals surface area contributed by atoms with Crippen LogP contribution >= 0.6 is 0 Å². The van der Waals surface area contributed by atoms with Gasteiger partial charge in [-0.15, -0.1) is 0 Å². The van der Waals surface area contributed by atoms with E-state index in [-0.39, 0.29) is 17.5 Å². The van der Waals surface area contributed by atoms with E-state index in [0.29, 0.717) is 5.56 Å². The van der Waals surface area contributed by atoms with Gasteiger partial charge in [0.15, 0.2) is 0 Å². The van der Waals surface area contributed by atoms with E-state index in [2.05, 4.69) is 4.57 Å². The van der Waals surface area contributed by atoms with Crippen LogP contribution in [0.1, 0.15) is 29.4 Å². The fourth-order valence-electron chi connectivity index (χ4n) is 4.45. The molecule has 5 rings (SSSR count). The van der Waals surface area contributed by atoms with Gasteiger partial charge in [-0.3, -0.25) is 0 Å². The minimum absolute atomic E-state index is 0.0204. The number of hydrogen-bond donors (Lipinski definition) is 1. The average molecular weight is 454 g/mol. The van der Waals surface area contributed by atoms with Crippen LogP contribution in [0, 0.1) is 0 Å². The van der Waals surface area contributed by atoms with E-state index in [1.54, 1.807) is 12.1 Å². The minimum Gasteiger partial charge on any atom is -0.434 e. The number of benzene rings is 3. The van der Waals surface area contributed by atoms with Crippen molar-refractivity contribution >= 4 is 21.7 Å². The van der Waals surface area contributed by atoms with Crippen LogP contribution in [0.25, 0.3) is 22.2 Å². The Balaban J connectivity index is 1.56. The zero-order valence-corrected chi connectivity index (χ0v) is 17.8. The summed E-state index contributed by atoms with van der Waals surface area (Å²) >= 11 is 0. The molecule has 0 bridgehead atoms. The molecule has 0 amide bonds. The van der Waals surface area contributed by atoms with E-state index in [1.807, 2.05) is 54.6 Å². The summed E-state index contributed by atoms with van der Waals surface area (Å²) in [5.74, 6) is 1.13. The first-order chi connectivity index (χ1) is 15.5. The summed E-state index contributed by atoms with van der Waals surface area (Å²) in [6.45, 7) is -2.88. The van der Waals surface area contributed by atoms with Crippen LogP contribution in [0.15, 0.2) is 66.7 Å². The van der Waals surface area contributed by atoms with Gasteiger partial charge in [-0.1, -0.05) is 48.5 Å². The number of imidazole rings is 1. The highest BCUT2D eigenvalue weighted by molar-refractivity contribution is 7.71. The first-order valence-electron chi connectivity index (χ1n) is 10.3. The zero-order valence-electron chi connectivity index (χ0n) is 16.9. The quantitative estimate of drug-likeness (QED) is 0.419. The second-order valence-electron chi connectivity index (χ2n) is 7.76. The molecule has 164 valence electrons. The normalized spacial score (nSPS) is 15.6. The first-order valence-corrected chi connectivity index (χ1v) is 11.6. The van der Waals surface area contributed by atoms with E-state index < -0.39 is 17.3 Å². The summed E-state index contributed by atoms with van der Waals surface area (Å²) in [4.78, 5) is 4.75. The van der Waals surface area contributed by atoms with Gasteiger partial charge in [-0.2, -0.15) is 8.78 Å². The van der Waals surface area contributed by atoms with E-state index in [0.717, 1.165) is 46.4 Å². The van der Waals surface area contributed by atoms with Crippen LogP contribution in [0.2, 0.25) is 0 Å². The Bertz CT molecular complexity index is 1360. The highest BCUT2D eigenvalue weighted by Gasteiger charge is 2.29. The summed E-state index contributed by atoms with van der Waals surface area (Å²) in [6.07, 6.45) is 1.51. The molecule has 2 heterocycles. The largest absolute Gasteiger partial charge is 0.434 e. The van der Waals surface area contributed by atoms with Crippen LogP contribution in [0.5, 0.6) is 5.75 Å². The molecule has 32 heavy (non-hydrogen) atoms. The van der Waals surface area contributed by atoms with Crippen molar-refractivity contribution in [3.63, 3.8) is 0 Å². The number of ether oxygens (including phenoxy) is 1. The van der Waals surface area contributed by atoms with Crippen molar-refractivity contribution < 1.29 is 21.9 Å². The number of thiol groups is 1. The maximum absolute atomic E-state index is 12.9. The molecule has 4 aromatic rings. The third-order valence-corrected chi connectivity index (χ3v) is 6.43. The maximum atomic E-state index is 12.9. The van der Waals surface area contributed by atoms with Crippen molar-refractivity contribution in [2.75, 3.05) is 0 Å². The van der Waals surface area contributed by atoms with E-state index in [4.69, 9.17) is 9.72 Å². The van der Waals surface area contributed by atoms with E-state index in [9.17, 15) is 17.2 Å². The summed E-state index contributed by atoms with van der Waals surface area (Å²) in [7, 11) is -2.47. The van der Waals surface area contributed by atoms with E-state index >= 15 is 0 Å². The van der Waals surface area contributed by atoms with Crippen molar-refractivity contribution in [3.05, 3.63) is 83.7 Å². The van der Waals surface area contributed by atoms with Crippen LogP contribution < -0.4 is 4.74 Å². The second-order valence-corrected chi connectivity index (χ2v) is 8.74. The van der Waals surface area contributed by atoms with Gasteiger partial charge in [-0.05, 0) is 41.3 Å². The Morgan fingerprint density at radius 1 is 1.03 bits per heavy atom. The molecule has 0 N–H and O–H groups in total. The molecular formula is C24H20F2N2O3S. The van der Waals surface area contributed by atoms with Crippen LogP contribution in [-0.4, -0.2) is 24.6 Å². The molecule has 3 aromatic carbocycles. The summed E-state index contributed by atoms with van der Waals surface area (Å²) < 4.78 is 54.7. The van der Waals surface area contributed by atoms with E-state index in [1.165, 1.54) is 0 Å². The number of fused-ring (bicyclic) bond motifs is 3. The lowest BCUT2D eigenvalue weighted by Crippen LogP contribution is -2.10. The van der Waals surface area contributed by atoms with Crippen molar-refractivity contribution in [2.45, 2.75) is 31.2 Å². The number of aromatic nitrogens is 2. The SMILES string of the molecule is O=[SH](=O)Cc1ccc(-c2ccc3nc4n(c3c2)C(c2ccccc2OC(F)F)CC4)cc1. The van der Waals surface area contributed by atoms with Gasteiger partial charge >= 0.3 is 6.61 Å². The molecule has 1 atom stereocenters. The molecule has 1 aromatic heterocycles. The maximum Gasteiger partial charge on any atom is 0.387 e. The Hall–Kier alpha value is -3.26. The lowest BCUT2D eigenvalue weighted by Gasteiger charge is -2.19. The molecule has 0 spiro atoms. The molecule has 1 unspecified atom stereocenters. The van der Waals surface area contributed by atoms with Crippen molar-refractivity contribution in [3.8, 4) is 16.9 Å². The van der Waals surface area contributed by atoms with Crippen LogP contribution in [0.3, 0.4) is 0 Å². The Labute approximate surface area is 185 Å². The molecule has 0 aliphatic carbocycles. The zero-order chi connectivity index (χ0) is 22.2. The highest BCUT2D eigenvalue weighted by Crippen LogP contribution is 2.40. The number of aryl methyl sites for hydroxylation is 1. The van der Waals surface area contributed by atoms with Gasteiger partial charge < -0.3 is 9.30 Å². The van der Waals surface area contributed by atoms with Gasteiger partial charge in [-0.25, -0.2) is 13.4 Å². The number of rotatable bonds is 6. The van der Waals surface area contributed by atoms with Gasteiger partial charge in [0.05, 0.1) is 22.8 Å². The lowest BCUT2D eigenvalue weighted by molar-refractivity contribution is -0.0506. The van der Waals surface area contributed by atoms with Gasteiger partial charge in [0.25, 0.3) is 0 Å². The average Bonchev–Trinajstić information content (AvgIpc) is 3.33. The minimum atomic E-state index is -2.88. The molecule has 1 aliphatic heterocycles. The van der Waals surface area contributed by atoms with Crippen molar-refractivity contribution in [1.82, 2.24) is 9.55 Å². The number of nitrogens with zero attached hydrogens (tertiary/aromatic N) is 2. The van der Waals surface area contributed by atoms with Crippen molar-refractivity contribution in [1.29, 1.82) is 0 Å². The third kappa shape index (κ3) is 3.86. The van der Waals surface area contributed by atoms with Crippen LogP contribution in [0.4, 0.5) is 8.78 Å². The third-order valence-electron chi connectivity index (χ3n) is 5.81. The topological polar surface area (TPSA) is 61.2 Å². The second kappa shape index (κ2) is 8.35. The summed E-state index contributed by atoms with van der Waals surface area (Å²) in [5, 5.41) is 0. The monoisotopic (exact) mass is 454 g/mol. The Morgan fingerprint density at radius 2 is 1.78 bits per heavy atom. The number of halogens is 2. The molecule has 0 radical (unpaired) electrons. The predicted octanol–water partition coefficient (Wildman–Crippen LogP) is 4.95. The smallest absolute Gasteiger partial charge is 0.387 e. The standard InChI is InChI=1S/C24H20F2N2O3S/c25-24(26)31-22-4-2-1-3-18(22)20-11-12-23-27-19-10-9-17(13-21(19)28(20)23)16-7-5-15(6-8-16)14-32(29)30/h1-10,13,20,24,32H,11-12,14H2. The van der Waals surface area contributed by atoms with Crippen molar-refractivity contribution in [2.24, 2.45) is 0 Å². The predicted molar refractivity (Wildman–Crippen MR) is 119 cm³/mol. The molecule has 8 heteroatoms. The molecule has 0 saturated heterocycles.